The third kappa shape index (κ3) is 5.95. The number of nitrogens with zero attached hydrogens (tertiary/aromatic N) is 3. The van der Waals surface area contributed by atoms with Crippen LogP contribution in [0.1, 0.15) is 21.5 Å². The second kappa shape index (κ2) is 10.8. The monoisotopic (exact) mass is 539 g/mol. The summed E-state index contributed by atoms with van der Waals surface area (Å²) in [7, 11) is 0. The SMILES string of the molecule is O=C(Nc1nc2ccccc2s1)c1ccc(CN2CCN(C(=O)Nc3ccccc3C(F)(F)F)CC2)cc1. The molecule has 5 rings (SSSR count). The Hall–Kier alpha value is -3.96. The van der Waals surface area contributed by atoms with Crippen LogP contribution < -0.4 is 10.6 Å². The second-order valence-electron chi connectivity index (χ2n) is 8.87. The molecule has 0 saturated carbocycles. The van der Waals surface area contributed by atoms with Gasteiger partial charge in [0, 0.05) is 38.3 Å². The summed E-state index contributed by atoms with van der Waals surface area (Å²) < 4.78 is 40.6. The molecule has 1 aliphatic heterocycles. The largest absolute Gasteiger partial charge is 0.418 e. The number of fused-ring (bicyclic) bond motifs is 1. The summed E-state index contributed by atoms with van der Waals surface area (Å²) in [4.78, 5) is 33.3. The van der Waals surface area contributed by atoms with Crippen LogP contribution in [0.5, 0.6) is 0 Å². The number of alkyl halides is 3. The number of amides is 3. The Morgan fingerprint density at radius 1 is 0.868 bits per heavy atom. The molecule has 3 amide bonds. The number of halogens is 3. The highest BCUT2D eigenvalue weighted by molar-refractivity contribution is 7.22. The third-order valence-corrected chi connectivity index (χ3v) is 7.22. The van der Waals surface area contributed by atoms with Crippen LogP contribution in [0.2, 0.25) is 0 Å². The van der Waals surface area contributed by atoms with Gasteiger partial charge in [-0.15, -0.1) is 0 Å². The maximum absolute atomic E-state index is 13.2. The molecule has 1 aromatic heterocycles. The van der Waals surface area contributed by atoms with Crippen molar-refractivity contribution in [3.05, 3.63) is 89.5 Å². The average Bonchev–Trinajstić information content (AvgIpc) is 3.31. The minimum Gasteiger partial charge on any atom is -0.322 e. The molecule has 0 aliphatic carbocycles. The number of nitrogens with one attached hydrogen (secondary N) is 2. The Bertz CT molecular complexity index is 1410. The van der Waals surface area contributed by atoms with Gasteiger partial charge in [-0.2, -0.15) is 13.2 Å². The van der Waals surface area contributed by atoms with Gasteiger partial charge in [0.25, 0.3) is 5.91 Å². The Balaban J connectivity index is 1.12. The number of urea groups is 1. The molecule has 0 radical (unpaired) electrons. The number of carbonyl (C=O) groups excluding carboxylic acids is 2. The Morgan fingerprint density at radius 3 is 2.26 bits per heavy atom. The first kappa shape index (κ1) is 25.7. The predicted molar refractivity (Wildman–Crippen MR) is 141 cm³/mol. The van der Waals surface area contributed by atoms with E-state index in [4.69, 9.17) is 0 Å². The highest BCUT2D eigenvalue weighted by Gasteiger charge is 2.34. The van der Waals surface area contributed by atoms with E-state index in [1.807, 2.05) is 36.4 Å². The van der Waals surface area contributed by atoms with Crippen molar-refractivity contribution < 1.29 is 22.8 Å². The molecule has 3 aromatic carbocycles. The quantitative estimate of drug-likeness (QED) is 0.330. The van der Waals surface area contributed by atoms with Gasteiger partial charge in [0.15, 0.2) is 5.13 Å². The highest BCUT2D eigenvalue weighted by atomic mass is 32.1. The molecule has 2 N–H and O–H groups in total. The molecular formula is C27H24F3N5O2S. The summed E-state index contributed by atoms with van der Waals surface area (Å²) in [6.07, 6.45) is -4.55. The number of anilines is 2. The number of thiazole rings is 1. The van der Waals surface area contributed by atoms with Crippen LogP contribution in [0.4, 0.5) is 28.8 Å². The van der Waals surface area contributed by atoms with Gasteiger partial charge in [-0.1, -0.05) is 47.7 Å². The summed E-state index contributed by atoms with van der Waals surface area (Å²) in [5.41, 5.74) is 1.25. The van der Waals surface area contributed by atoms with Crippen LogP contribution in [-0.2, 0) is 12.7 Å². The van der Waals surface area contributed by atoms with Crippen molar-refractivity contribution in [1.29, 1.82) is 0 Å². The zero-order valence-electron chi connectivity index (χ0n) is 20.2. The minimum absolute atomic E-state index is 0.234. The molecule has 0 bridgehead atoms. The van der Waals surface area contributed by atoms with Crippen LogP contribution in [-0.4, -0.2) is 52.9 Å². The summed E-state index contributed by atoms with van der Waals surface area (Å²) in [6.45, 7) is 2.57. The average molecular weight is 540 g/mol. The smallest absolute Gasteiger partial charge is 0.322 e. The number of para-hydroxylation sites is 2. The van der Waals surface area contributed by atoms with Gasteiger partial charge < -0.3 is 10.2 Å². The maximum atomic E-state index is 13.2. The van der Waals surface area contributed by atoms with Gasteiger partial charge in [0.1, 0.15) is 0 Å². The van der Waals surface area contributed by atoms with E-state index in [-0.39, 0.29) is 11.6 Å². The van der Waals surface area contributed by atoms with E-state index < -0.39 is 17.8 Å². The van der Waals surface area contributed by atoms with E-state index in [1.165, 1.54) is 34.4 Å². The molecule has 38 heavy (non-hydrogen) atoms. The van der Waals surface area contributed by atoms with Gasteiger partial charge in [0.2, 0.25) is 0 Å². The molecule has 4 aromatic rings. The van der Waals surface area contributed by atoms with Gasteiger partial charge in [0.05, 0.1) is 21.5 Å². The number of hydrogen-bond donors (Lipinski definition) is 2. The number of carbonyl (C=O) groups is 2. The number of hydrogen-bond acceptors (Lipinski definition) is 5. The van der Waals surface area contributed by atoms with E-state index >= 15 is 0 Å². The van der Waals surface area contributed by atoms with Crippen molar-refractivity contribution in [2.45, 2.75) is 12.7 Å². The van der Waals surface area contributed by atoms with E-state index in [2.05, 4.69) is 20.5 Å². The van der Waals surface area contributed by atoms with Crippen LogP contribution in [0.3, 0.4) is 0 Å². The highest BCUT2D eigenvalue weighted by Crippen LogP contribution is 2.34. The number of aromatic nitrogens is 1. The van der Waals surface area contributed by atoms with Crippen LogP contribution in [0.25, 0.3) is 10.2 Å². The summed E-state index contributed by atoms with van der Waals surface area (Å²) in [5, 5.41) is 5.79. The third-order valence-electron chi connectivity index (χ3n) is 6.27. The van der Waals surface area contributed by atoms with Crippen molar-refractivity contribution in [1.82, 2.24) is 14.8 Å². The molecule has 0 spiro atoms. The normalized spacial score (nSPS) is 14.4. The lowest BCUT2D eigenvalue weighted by atomic mass is 10.1. The fourth-order valence-corrected chi connectivity index (χ4v) is 5.12. The molecule has 1 saturated heterocycles. The van der Waals surface area contributed by atoms with E-state index in [9.17, 15) is 22.8 Å². The van der Waals surface area contributed by atoms with E-state index in [0.29, 0.717) is 43.4 Å². The summed E-state index contributed by atoms with van der Waals surface area (Å²) >= 11 is 1.42. The molecule has 7 nitrogen and oxygen atoms in total. The fraction of sp³-hybridized carbons (Fsp3) is 0.222. The molecule has 2 heterocycles. The van der Waals surface area contributed by atoms with E-state index in [1.54, 1.807) is 12.1 Å². The lowest BCUT2D eigenvalue weighted by Crippen LogP contribution is -2.49. The Kier molecular flexibility index (Phi) is 7.30. The molecule has 1 aliphatic rings. The second-order valence-corrected chi connectivity index (χ2v) is 9.91. The van der Waals surface area contributed by atoms with Gasteiger partial charge in [-0.05, 0) is 42.0 Å². The van der Waals surface area contributed by atoms with Crippen molar-refractivity contribution >= 4 is 44.3 Å². The molecule has 1 fully saturated rings. The predicted octanol–water partition coefficient (Wildman–Crippen LogP) is 5.92. The first-order valence-corrected chi connectivity index (χ1v) is 12.8. The number of piperazine rings is 1. The van der Waals surface area contributed by atoms with Crippen molar-refractivity contribution in [2.75, 3.05) is 36.8 Å². The van der Waals surface area contributed by atoms with Gasteiger partial charge in [-0.3, -0.25) is 15.0 Å². The molecule has 196 valence electrons. The maximum Gasteiger partial charge on any atom is 0.418 e. The number of benzene rings is 3. The fourth-order valence-electron chi connectivity index (χ4n) is 4.26. The zero-order valence-corrected chi connectivity index (χ0v) is 21.0. The Morgan fingerprint density at radius 2 is 1.55 bits per heavy atom. The minimum atomic E-state index is -4.55. The molecule has 11 heteroatoms. The topological polar surface area (TPSA) is 77.6 Å². The number of rotatable bonds is 5. The van der Waals surface area contributed by atoms with Crippen molar-refractivity contribution in [2.24, 2.45) is 0 Å². The zero-order chi connectivity index (χ0) is 26.7. The van der Waals surface area contributed by atoms with Gasteiger partial charge in [-0.25, -0.2) is 9.78 Å². The van der Waals surface area contributed by atoms with E-state index in [0.717, 1.165) is 21.8 Å². The molecule has 0 unspecified atom stereocenters. The lowest BCUT2D eigenvalue weighted by molar-refractivity contribution is -0.136. The van der Waals surface area contributed by atoms with Crippen LogP contribution >= 0.6 is 11.3 Å². The summed E-state index contributed by atoms with van der Waals surface area (Å²) in [5.74, 6) is -0.234. The lowest BCUT2D eigenvalue weighted by Gasteiger charge is -2.34. The van der Waals surface area contributed by atoms with Crippen LogP contribution in [0, 0.1) is 0 Å². The first-order chi connectivity index (χ1) is 18.3. The summed E-state index contributed by atoms with van der Waals surface area (Å²) in [6, 6.07) is 19.4. The molecular weight excluding hydrogens is 515 g/mol. The van der Waals surface area contributed by atoms with Crippen molar-refractivity contribution in [3.63, 3.8) is 0 Å². The van der Waals surface area contributed by atoms with Gasteiger partial charge >= 0.3 is 12.2 Å². The first-order valence-electron chi connectivity index (χ1n) is 12.0. The molecule has 0 atom stereocenters. The standard InChI is InChI=1S/C27H24F3N5O2S/c28-27(29,30)20-5-1-2-6-21(20)32-26(37)35-15-13-34(14-16-35)17-18-9-11-19(12-10-18)24(36)33-25-31-22-7-3-4-8-23(22)38-25/h1-12H,13-17H2,(H,32,37)(H,31,33,36). The van der Waals surface area contributed by atoms with Crippen LogP contribution in [0.15, 0.2) is 72.8 Å². The Labute approximate surface area is 220 Å². The van der Waals surface area contributed by atoms with Crippen molar-refractivity contribution in [3.8, 4) is 0 Å².